The number of methoxy groups -OCH3 is 1. The van der Waals surface area contributed by atoms with E-state index in [-0.39, 0.29) is 28.7 Å². The van der Waals surface area contributed by atoms with Crippen molar-refractivity contribution < 1.29 is 26.7 Å². The molecule has 0 aliphatic carbocycles. The summed E-state index contributed by atoms with van der Waals surface area (Å²) in [5.74, 6) is -1.53. The first-order valence-electron chi connectivity index (χ1n) is 9.43. The second-order valence-electron chi connectivity index (χ2n) is 6.87. The molecule has 0 atom stereocenters. The Morgan fingerprint density at radius 2 is 1.65 bits per heavy atom. The van der Waals surface area contributed by atoms with Crippen LogP contribution in [0.25, 0.3) is 11.1 Å². The van der Waals surface area contributed by atoms with E-state index in [1.165, 1.54) is 26.2 Å². The normalized spacial score (nSPS) is 11.3. The summed E-state index contributed by atoms with van der Waals surface area (Å²) < 4.78 is 65.4. The predicted molar refractivity (Wildman–Crippen MR) is 115 cm³/mol. The lowest BCUT2D eigenvalue weighted by molar-refractivity contribution is 0.407. The van der Waals surface area contributed by atoms with Crippen LogP contribution in [0.2, 0.25) is 0 Å². The lowest BCUT2D eigenvalue weighted by Crippen LogP contribution is -2.15. The van der Waals surface area contributed by atoms with Crippen LogP contribution in [0.3, 0.4) is 0 Å². The third kappa shape index (κ3) is 5.29. The van der Waals surface area contributed by atoms with Gasteiger partial charge in [0.05, 0.1) is 18.6 Å². The van der Waals surface area contributed by atoms with E-state index in [1.54, 1.807) is 18.2 Å². The molecule has 3 rings (SSSR count). The number of pyridine rings is 1. The number of anilines is 1. The van der Waals surface area contributed by atoms with Crippen LogP contribution >= 0.6 is 0 Å². The first-order chi connectivity index (χ1) is 14.6. The number of aromatic nitrogens is 1. The Morgan fingerprint density at radius 3 is 2.23 bits per heavy atom. The molecule has 0 saturated carbocycles. The number of hydrogen-bond acceptors (Lipinski definition) is 5. The summed E-state index contributed by atoms with van der Waals surface area (Å²) >= 11 is 0. The van der Waals surface area contributed by atoms with E-state index in [2.05, 4.69) is 9.71 Å². The summed E-state index contributed by atoms with van der Waals surface area (Å²) in [7, 11) is -2.21. The van der Waals surface area contributed by atoms with Crippen molar-refractivity contribution in [2.75, 3.05) is 17.6 Å². The quantitative estimate of drug-likeness (QED) is 0.537. The lowest BCUT2D eigenvalue weighted by atomic mass is 10.0. The van der Waals surface area contributed by atoms with Crippen LogP contribution in [0.15, 0.2) is 42.5 Å². The molecule has 0 bridgehead atoms. The average molecular weight is 448 g/mol. The van der Waals surface area contributed by atoms with Gasteiger partial charge in [0.15, 0.2) is 11.6 Å². The molecule has 0 aliphatic heterocycles. The van der Waals surface area contributed by atoms with E-state index in [9.17, 15) is 17.2 Å². The molecule has 2 aromatic carbocycles. The molecule has 0 spiro atoms. The highest BCUT2D eigenvalue weighted by Crippen LogP contribution is 2.42. The van der Waals surface area contributed by atoms with Crippen LogP contribution in [0.4, 0.5) is 14.5 Å². The van der Waals surface area contributed by atoms with Gasteiger partial charge >= 0.3 is 0 Å². The third-order valence-electron chi connectivity index (χ3n) is 4.45. The largest absolute Gasteiger partial charge is 0.494 e. The van der Waals surface area contributed by atoms with Gasteiger partial charge in [-0.25, -0.2) is 17.2 Å². The van der Waals surface area contributed by atoms with Gasteiger partial charge in [0, 0.05) is 29.1 Å². The number of halogens is 2. The fourth-order valence-electron chi connectivity index (χ4n) is 3.03. The molecule has 0 amide bonds. The lowest BCUT2D eigenvalue weighted by Gasteiger charge is -2.18. The summed E-state index contributed by atoms with van der Waals surface area (Å²) in [4.78, 5) is 4.35. The minimum absolute atomic E-state index is 0.127. The molecule has 0 radical (unpaired) electrons. The van der Waals surface area contributed by atoms with Gasteiger partial charge in [-0.1, -0.05) is 0 Å². The van der Waals surface area contributed by atoms with Crippen molar-refractivity contribution in [2.24, 2.45) is 0 Å². The Morgan fingerprint density at radius 1 is 0.968 bits per heavy atom. The van der Waals surface area contributed by atoms with Crippen LogP contribution in [-0.2, 0) is 10.0 Å². The van der Waals surface area contributed by atoms with Gasteiger partial charge in [0.2, 0.25) is 10.0 Å². The Bertz CT molecular complexity index is 1210. The van der Waals surface area contributed by atoms with Crippen molar-refractivity contribution in [1.29, 1.82) is 0 Å². The number of aryl methyl sites for hydroxylation is 2. The van der Waals surface area contributed by atoms with E-state index in [4.69, 9.17) is 9.47 Å². The summed E-state index contributed by atoms with van der Waals surface area (Å²) in [5, 5.41) is 0. The molecule has 9 heteroatoms. The molecule has 3 aromatic rings. The van der Waals surface area contributed by atoms with Crippen LogP contribution in [0, 0.1) is 25.5 Å². The molecule has 0 unspecified atom stereocenters. The maximum Gasteiger partial charge on any atom is 0.232 e. The summed E-state index contributed by atoms with van der Waals surface area (Å²) in [6.45, 7) is 5.15. The van der Waals surface area contributed by atoms with Gasteiger partial charge in [0.25, 0.3) is 0 Å². The zero-order valence-corrected chi connectivity index (χ0v) is 18.3. The second kappa shape index (κ2) is 8.89. The fourth-order valence-corrected chi connectivity index (χ4v) is 3.66. The van der Waals surface area contributed by atoms with Gasteiger partial charge in [-0.2, -0.15) is 0 Å². The Hall–Kier alpha value is -3.20. The molecule has 1 heterocycles. The van der Waals surface area contributed by atoms with Gasteiger partial charge < -0.3 is 9.47 Å². The average Bonchev–Trinajstić information content (AvgIpc) is 2.69. The van der Waals surface area contributed by atoms with Gasteiger partial charge in [-0.05, 0) is 56.7 Å². The van der Waals surface area contributed by atoms with Crippen molar-refractivity contribution >= 4 is 15.7 Å². The molecule has 0 fully saturated rings. The number of rotatable bonds is 7. The van der Waals surface area contributed by atoms with E-state index >= 15 is 0 Å². The first-order valence-corrected chi connectivity index (χ1v) is 11.1. The van der Waals surface area contributed by atoms with Crippen molar-refractivity contribution in [1.82, 2.24) is 4.98 Å². The SMILES string of the molecule is CCS(=O)(=O)Nc1cc(-c2cc(C)nc(C)c2)c(Oc2ccc(F)cc2F)cc1OC. The van der Waals surface area contributed by atoms with Crippen molar-refractivity contribution in [3.63, 3.8) is 0 Å². The molecule has 1 aromatic heterocycles. The number of nitrogens with one attached hydrogen (secondary N) is 1. The maximum absolute atomic E-state index is 14.2. The Balaban J connectivity index is 2.22. The molecule has 31 heavy (non-hydrogen) atoms. The first kappa shape index (κ1) is 22.5. The van der Waals surface area contributed by atoms with E-state index in [0.29, 0.717) is 11.1 Å². The number of nitrogens with zero attached hydrogens (tertiary/aromatic N) is 1. The van der Waals surface area contributed by atoms with E-state index < -0.39 is 21.7 Å². The van der Waals surface area contributed by atoms with Crippen LogP contribution < -0.4 is 14.2 Å². The van der Waals surface area contributed by atoms with Crippen LogP contribution in [0.1, 0.15) is 18.3 Å². The predicted octanol–water partition coefficient (Wildman–Crippen LogP) is 5.21. The number of benzene rings is 2. The van der Waals surface area contributed by atoms with Crippen molar-refractivity contribution in [3.8, 4) is 28.4 Å². The number of hydrogen-bond donors (Lipinski definition) is 1. The Kier molecular flexibility index (Phi) is 6.45. The minimum Gasteiger partial charge on any atom is -0.494 e. The van der Waals surface area contributed by atoms with Crippen molar-refractivity contribution in [2.45, 2.75) is 20.8 Å². The van der Waals surface area contributed by atoms with Crippen LogP contribution in [-0.4, -0.2) is 26.3 Å². The molecular formula is C22H22F2N2O4S. The van der Waals surface area contributed by atoms with E-state index in [1.807, 2.05) is 13.8 Å². The number of ether oxygens (including phenoxy) is 2. The maximum atomic E-state index is 14.2. The second-order valence-corrected chi connectivity index (χ2v) is 8.88. The summed E-state index contributed by atoms with van der Waals surface area (Å²) in [6.07, 6.45) is 0. The number of sulfonamides is 1. The standard InChI is InChI=1S/C22H22F2N2O4S/c1-5-31(27,28)26-19-11-17(15-8-13(2)25-14(3)9-15)21(12-22(19)29-4)30-20-7-6-16(23)10-18(20)24/h6-12,26H,5H2,1-4H3. The topological polar surface area (TPSA) is 77.5 Å². The Labute approximate surface area is 179 Å². The summed E-state index contributed by atoms with van der Waals surface area (Å²) in [6, 6.07) is 9.57. The van der Waals surface area contributed by atoms with Gasteiger partial charge in [-0.3, -0.25) is 9.71 Å². The molecule has 0 aliphatic rings. The molecular weight excluding hydrogens is 426 g/mol. The molecule has 0 saturated heterocycles. The van der Waals surface area contributed by atoms with Gasteiger partial charge in [0.1, 0.15) is 17.3 Å². The molecule has 6 nitrogen and oxygen atoms in total. The van der Waals surface area contributed by atoms with E-state index in [0.717, 1.165) is 23.5 Å². The highest BCUT2D eigenvalue weighted by Gasteiger charge is 2.19. The van der Waals surface area contributed by atoms with Crippen molar-refractivity contribution in [3.05, 3.63) is 65.5 Å². The smallest absolute Gasteiger partial charge is 0.232 e. The molecule has 1 N–H and O–H groups in total. The summed E-state index contributed by atoms with van der Waals surface area (Å²) in [5.41, 5.74) is 2.84. The van der Waals surface area contributed by atoms with Crippen LogP contribution in [0.5, 0.6) is 17.2 Å². The zero-order chi connectivity index (χ0) is 22.8. The van der Waals surface area contributed by atoms with Gasteiger partial charge in [-0.15, -0.1) is 0 Å². The zero-order valence-electron chi connectivity index (χ0n) is 17.5. The highest BCUT2D eigenvalue weighted by molar-refractivity contribution is 7.92. The highest BCUT2D eigenvalue weighted by atomic mass is 32.2. The fraction of sp³-hybridized carbons (Fsp3) is 0.227. The molecule has 164 valence electrons. The monoisotopic (exact) mass is 448 g/mol. The minimum atomic E-state index is -3.59. The third-order valence-corrected chi connectivity index (χ3v) is 5.74.